The molecule has 0 aliphatic heterocycles. The van der Waals surface area contributed by atoms with Gasteiger partial charge in [0, 0.05) is 13.1 Å². The zero-order valence-electron chi connectivity index (χ0n) is 13.6. The predicted molar refractivity (Wildman–Crippen MR) is 97.7 cm³/mol. The van der Waals surface area contributed by atoms with Crippen molar-refractivity contribution in [2.45, 2.75) is 4.90 Å². The van der Waals surface area contributed by atoms with Gasteiger partial charge in [-0.2, -0.15) is 0 Å². The van der Waals surface area contributed by atoms with Crippen LogP contribution in [0.5, 0.6) is 0 Å². The molecule has 0 saturated heterocycles. The number of anilines is 1. The molecule has 0 aliphatic carbocycles. The Morgan fingerprint density at radius 2 is 2.00 bits per heavy atom. The fourth-order valence-electron chi connectivity index (χ4n) is 2.36. The molecule has 1 heterocycles. The highest BCUT2D eigenvalue weighted by Gasteiger charge is 2.20. The van der Waals surface area contributed by atoms with Crippen LogP contribution < -0.4 is 10.5 Å². The van der Waals surface area contributed by atoms with E-state index < -0.39 is 21.7 Å². The number of carbonyl (C=O) groups is 1. The molecule has 0 spiro atoms. The van der Waals surface area contributed by atoms with Crippen LogP contribution in [0.2, 0.25) is 0 Å². The first kappa shape index (κ1) is 18.2. The Morgan fingerprint density at radius 1 is 1.27 bits per heavy atom. The van der Waals surface area contributed by atoms with Gasteiger partial charge in [0.1, 0.15) is 0 Å². The van der Waals surface area contributed by atoms with Crippen LogP contribution in [-0.4, -0.2) is 26.1 Å². The summed E-state index contributed by atoms with van der Waals surface area (Å²) in [5.74, 6) is -1.19. The SMILES string of the molecule is COC(=O)c1cccc(NS(=O)(=O)c2ccc3c(c2)oc(=O)n3C)c1Br. The van der Waals surface area contributed by atoms with Crippen LogP contribution in [0.3, 0.4) is 0 Å². The summed E-state index contributed by atoms with van der Waals surface area (Å²) in [6.07, 6.45) is 0. The maximum atomic E-state index is 12.7. The molecule has 8 nitrogen and oxygen atoms in total. The lowest BCUT2D eigenvalue weighted by atomic mass is 10.2. The number of ether oxygens (including phenoxy) is 1. The van der Waals surface area contributed by atoms with Crippen LogP contribution in [0, 0.1) is 0 Å². The molecule has 2 aromatic carbocycles. The van der Waals surface area contributed by atoms with Gasteiger partial charge in [-0.3, -0.25) is 9.29 Å². The third kappa shape index (κ3) is 3.13. The van der Waals surface area contributed by atoms with E-state index in [1.54, 1.807) is 0 Å². The van der Waals surface area contributed by atoms with Gasteiger partial charge in [-0.25, -0.2) is 18.0 Å². The Morgan fingerprint density at radius 3 is 2.69 bits per heavy atom. The van der Waals surface area contributed by atoms with Crippen molar-refractivity contribution in [2.75, 3.05) is 11.8 Å². The van der Waals surface area contributed by atoms with E-state index in [1.165, 1.54) is 55.1 Å². The maximum Gasteiger partial charge on any atom is 0.419 e. The number of nitrogens with zero attached hydrogens (tertiary/aromatic N) is 1. The van der Waals surface area contributed by atoms with E-state index in [4.69, 9.17) is 4.42 Å². The molecule has 0 aliphatic rings. The number of esters is 1. The lowest BCUT2D eigenvalue weighted by Gasteiger charge is -2.12. The zero-order valence-corrected chi connectivity index (χ0v) is 16.0. The minimum absolute atomic E-state index is 0.0882. The predicted octanol–water partition coefficient (Wildman–Crippen LogP) is 2.48. The van der Waals surface area contributed by atoms with Gasteiger partial charge in [0.25, 0.3) is 10.0 Å². The summed E-state index contributed by atoms with van der Waals surface area (Å²) in [5.41, 5.74) is 0.977. The van der Waals surface area contributed by atoms with Gasteiger partial charge in [0.15, 0.2) is 5.58 Å². The van der Waals surface area contributed by atoms with Crippen LogP contribution in [0.15, 0.2) is 55.0 Å². The van der Waals surface area contributed by atoms with Crippen molar-refractivity contribution in [3.05, 3.63) is 57.0 Å². The van der Waals surface area contributed by atoms with Crippen molar-refractivity contribution >= 4 is 48.7 Å². The Hall–Kier alpha value is -2.59. The Bertz CT molecular complexity index is 1180. The number of sulfonamides is 1. The fourth-order valence-corrected chi connectivity index (χ4v) is 4.11. The highest BCUT2D eigenvalue weighted by molar-refractivity contribution is 9.10. The lowest BCUT2D eigenvalue weighted by molar-refractivity contribution is 0.0599. The third-order valence-corrected chi connectivity index (χ3v) is 5.94. The van der Waals surface area contributed by atoms with Gasteiger partial charge < -0.3 is 9.15 Å². The number of methoxy groups -OCH3 is 1. The minimum atomic E-state index is -3.98. The maximum absolute atomic E-state index is 12.7. The average Bonchev–Trinajstić information content (AvgIpc) is 2.90. The van der Waals surface area contributed by atoms with Gasteiger partial charge in [0.2, 0.25) is 0 Å². The number of aromatic nitrogens is 1. The summed E-state index contributed by atoms with van der Waals surface area (Å²) in [6.45, 7) is 0. The zero-order chi connectivity index (χ0) is 19.1. The molecule has 3 rings (SSSR count). The molecule has 1 N–H and O–H groups in total. The summed E-state index contributed by atoms with van der Waals surface area (Å²) < 4.78 is 38.9. The number of hydrogen-bond acceptors (Lipinski definition) is 6. The molecule has 0 fully saturated rings. The molecule has 0 unspecified atom stereocenters. The first-order valence-corrected chi connectivity index (χ1v) is 9.51. The first-order chi connectivity index (χ1) is 12.2. The van der Waals surface area contributed by atoms with Crippen LogP contribution >= 0.6 is 15.9 Å². The van der Waals surface area contributed by atoms with Gasteiger partial charge in [-0.1, -0.05) is 6.07 Å². The molecule has 0 saturated carbocycles. The van der Waals surface area contributed by atoms with E-state index in [9.17, 15) is 18.0 Å². The topological polar surface area (TPSA) is 108 Å². The van der Waals surface area contributed by atoms with E-state index in [2.05, 4.69) is 25.4 Å². The van der Waals surface area contributed by atoms with Crippen LogP contribution in [0.25, 0.3) is 11.1 Å². The van der Waals surface area contributed by atoms with Gasteiger partial charge >= 0.3 is 11.7 Å². The second kappa shape index (κ2) is 6.61. The van der Waals surface area contributed by atoms with Crippen molar-refractivity contribution in [3.63, 3.8) is 0 Å². The second-order valence-corrected chi connectivity index (χ2v) is 7.80. The summed E-state index contributed by atoms with van der Waals surface area (Å²) in [5, 5.41) is 0. The van der Waals surface area contributed by atoms with Crippen LogP contribution in [-0.2, 0) is 21.8 Å². The van der Waals surface area contributed by atoms with E-state index in [0.29, 0.717) is 5.52 Å². The van der Waals surface area contributed by atoms with Gasteiger partial charge in [-0.15, -0.1) is 0 Å². The largest absolute Gasteiger partial charge is 0.465 e. The molecule has 0 atom stereocenters. The molecular formula is C16H13BrN2O6S. The number of carbonyl (C=O) groups excluding carboxylic acids is 1. The molecule has 0 bridgehead atoms. The van der Waals surface area contributed by atoms with E-state index in [1.807, 2.05) is 0 Å². The summed E-state index contributed by atoms with van der Waals surface area (Å²) >= 11 is 3.21. The first-order valence-electron chi connectivity index (χ1n) is 7.24. The average molecular weight is 441 g/mol. The minimum Gasteiger partial charge on any atom is -0.465 e. The molecule has 3 aromatic rings. The summed E-state index contributed by atoms with van der Waals surface area (Å²) in [6, 6.07) is 8.62. The van der Waals surface area contributed by atoms with E-state index >= 15 is 0 Å². The number of oxazole rings is 1. The van der Waals surface area contributed by atoms with Crippen molar-refractivity contribution in [1.29, 1.82) is 0 Å². The molecule has 136 valence electrons. The molecule has 0 radical (unpaired) electrons. The van der Waals surface area contributed by atoms with E-state index in [-0.39, 0.29) is 26.2 Å². The molecule has 26 heavy (non-hydrogen) atoms. The van der Waals surface area contributed by atoms with Gasteiger partial charge in [-0.05, 0) is 40.2 Å². The molecule has 10 heteroatoms. The lowest BCUT2D eigenvalue weighted by Crippen LogP contribution is -2.14. The fraction of sp³-hybridized carbons (Fsp3) is 0.125. The monoisotopic (exact) mass is 440 g/mol. The van der Waals surface area contributed by atoms with Crippen LogP contribution in [0.4, 0.5) is 5.69 Å². The number of rotatable bonds is 4. The molecule has 0 amide bonds. The Kier molecular flexibility index (Phi) is 4.63. The molecule has 1 aromatic heterocycles. The summed E-state index contributed by atoms with van der Waals surface area (Å²) in [4.78, 5) is 23.2. The van der Waals surface area contributed by atoms with Crippen LogP contribution in [0.1, 0.15) is 10.4 Å². The number of halogens is 1. The van der Waals surface area contributed by atoms with Crippen molar-refractivity contribution in [3.8, 4) is 0 Å². The van der Waals surface area contributed by atoms with Gasteiger partial charge in [0.05, 0.1) is 33.2 Å². The smallest absolute Gasteiger partial charge is 0.419 e. The third-order valence-electron chi connectivity index (χ3n) is 3.72. The normalized spacial score (nSPS) is 11.5. The highest BCUT2D eigenvalue weighted by atomic mass is 79.9. The van der Waals surface area contributed by atoms with E-state index in [0.717, 1.165) is 0 Å². The van der Waals surface area contributed by atoms with Crippen molar-refractivity contribution in [1.82, 2.24) is 4.57 Å². The number of nitrogens with one attached hydrogen (secondary N) is 1. The van der Waals surface area contributed by atoms with Crippen molar-refractivity contribution < 1.29 is 22.4 Å². The Balaban J connectivity index is 2.02. The quantitative estimate of drug-likeness (QED) is 0.624. The second-order valence-electron chi connectivity index (χ2n) is 5.32. The molecular weight excluding hydrogens is 428 g/mol. The number of hydrogen-bond donors (Lipinski definition) is 1. The number of aryl methyl sites for hydroxylation is 1. The standard InChI is InChI=1S/C16H13BrN2O6S/c1-19-12-7-6-9(8-13(12)25-16(19)21)26(22,23)18-11-5-3-4-10(14(11)17)15(20)24-2/h3-8,18H,1-2H3. The highest BCUT2D eigenvalue weighted by Crippen LogP contribution is 2.29. The Labute approximate surface area is 156 Å². The van der Waals surface area contributed by atoms with Crippen molar-refractivity contribution in [2.24, 2.45) is 7.05 Å². The number of fused-ring (bicyclic) bond motifs is 1. The summed E-state index contributed by atoms with van der Waals surface area (Å²) in [7, 11) is -1.23. The number of benzene rings is 2.